The summed E-state index contributed by atoms with van der Waals surface area (Å²) >= 11 is 0. The fourth-order valence-corrected chi connectivity index (χ4v) is 1.40. The van der Waals surface area contributed by atoms with Crippen LogP contribution < -0.4 is 20.1 Å². The van der Waals surface area contributed by atoms with E-state index in [4.69, 9.17) is 9.47 Å². The van der Waals surface area contributed by atoms with Crippen molar-refractivity contribution in [2.45, 2.75) is 13.3 Å². The fraction of sp³-hybridized carbons (Fsp3) is 0.429. The maximum atomic E-state index is 11.5. The number of hydrogen-bond acceptors (Lipinski definition) is 4. The number of carbonyl (C=O) groups is 2. The molecule has 2 N–H and O–H groups in total. The van der Waals surface area contributed by atoms with Gasteiger partial charge in [0.15, 0.2) is 6.61 Å². The van der Waals surface area contributed by atoms with Crippen molar-refractivity contribution in [1.82, 2.24) is 10.6 Å². The number of methoxy groups -OCH3 is 1. The predicted molar refractivity (Wildman–Crippen MR) is 74.8 cm³/mol. The molecule has 0 bridgehead atoms. The number of hydrogen-bond donors (Lipinski definition) is 2. The number of nitrogens with one attached hydrogen (secondary N) is 2. The normalized spacial score (nSPS) is 9.70. The number of ether oxygens (including phenoxy) is 2. The molecular weight excluding hydrogens is 260 g/mol. The molecule has 0 heterocycles. The first-order valence-corrected chi connectivity index (χ1v) is 6.46. The monoisotopic (exact) mass is 280 g/mol. The van der Waals surface area contributed by atoms with Gasteiger partial charge in [-0.2, -0.15) is 0 Å². The van der Waals surface area contributed by atoms with Crippen LogP contribution in [0.25, 0.3) is 0 Å². The van der Waals surface area contributed by atoms with E-state index in [0.717, 1.165) is 6.42 Å². The zero-order chi connectivity index (χ0) is 14.8. The molecule has 2 amide bonds. The lowest BCUT2D eigenvalue weighted by atomic mass is 10.3. The lowest BCUT2D eigenvalue weighted by molar-refractivity contribution is -0.127. The average Bonchev–Trinajstić information content (AvgIpc) is 2.49. The molecule has 1 aromatic carbocycles. The van der Waals surface area contributed by atoms with Crippen LogP contribution in [-0.4, -0.2) is 38.6 Å². The van der Waals surface area contributed by atoms with Crippen molar-refractivity contribution in [2.24, 2.45) is 0 Å². The van der Waals surface area contributed by atoms with Gasteiger partial charge in [0.25, 0.3) is 5.91 Å². The van der Waals surface area contributed by atoms with Gasteiger partial charge in [-0.3, -0.25) is 9.59 Å². The highest BCUT2D eigenvalue weighted by atomic mass is 16.5. The Balaban J connectivity index is 2.27. The molecule has 110 valence electrons. The quantitative estimate of drug-likeness (QED) is 0.735. The summed E-state index contributed by atoms with van der Waals surface area (Å²) in [5.41, 5.74) is 0. The summed E-state index contributed by atoms with van der Waals surface area (Å²) in [4.78, 5) is 22.8. The molecule has 0 fully saturated rings. The van der Waals surface area contributed by atoms with E-state index in [1.165, 1.54) is 0 Å². The van der Waals surface area contributed by atoms with Gasteiger partial charge in [0.2, 0.25) is 5.91 Å². The summed E-state index contributed by atoms with van der Waals surface area (Å²) in [6, 6.07) is 6.96. The molecule has 1 aromatic rings. The smallest absolute Gasteiger partial charge is 0.258 e. The summed E-state index contributed by atoms with van der Waals surface area (Å²) in [5.74, 6) is 0.637. The van der Waals surface area contributed by atoms with E-state index in [-0.39, 0.29) is 25.0 Å². The first kappa shape index (κ1) is 15.8. The van der Waals surface area contributed by atoms with E-state index in [0.29, 0.717) is 18.0 Å². The standard InChI is InChI=1S/C14H20N2O4/c1-3-7-15-13(17)9-16-14(18)10-20-12-6-4-5-11(8-12)19-2/h4-6,8H,3,7,9-10H2,1-2H3,(H,15,17)(H,16,18). The van der Waals surface area contributed by atoms with E-state index in [1.807, 2.05) is 6.92 Å². The van der Waals surface area contributed by atoms with E-state index in [9.17, 15) is 9.59 Å². The molecule has 1 rings (SSSR count). The van der Waals surface area contributed by atoms with Crippen molar-refractivity contribution in [3.8, 4) is 11.5 Å². The van der Waals surface area contributed by atoms with Crippen LogP contribution >= 0.6 is 0 Å². The first-order chi connectivity index (χ1) is 9.65. The lowest BCUT2D eigenvalue weighted by Gasteiger charge is -2.08. The van der Waals surface area contributed by atoms with Crippen LogP contribution in [0.5, 0.6) is 11.5 Å². The minimum absolute atomic E-state index is 0.0414. The molecular formula is C14H20N2O4. The van der Waals surface area contributed by atoms with Crippen LogP contribution in [0.1, 0.15) is 13.3 Å². The Kier molecular flexibility index (Phi) is 6.95. The summed E-state index contributed by atoms with van der Waals surface area (Å²) in [6.45, 7) is 2.38. The van der Waals surface area contributed by atoms with Gasteiger partial charge >= 0.3 is 0 Å². The number of rotatable bonds is 8. The molecule has 0 aliphatic heterocycles. The molecule has 0 atom stereocenters. The molecule has 0 aromatic heterocycles. The number of amides is 2. The van der Waals surface area contributed by atoms with Crippen molar-refractivity contribution >= 4 is 11.8 Å². The zero-order valence-corrected chi connectivity index (χ0v) is 11.8. The van der Waals surface area contributed by atoms with Gasteiger partial charge in [-0.15, -0.1) is 0 Å². The van der Waals surface area contributed by atoms with Crippen LogP contribution in [0, 0.1) is 0 Å². The molecule has 0 aliphatic rings. The Morgan fingerprint density at radius 1 is 1.15 bits per heavy atom. The van der Waals surface area contributed by atoms with Gasteiger partial charge in [0.05, 0.1) is 13.7 Å². The van der Waals surface area contributed by atoms with Gasteiger partial charge in [-0.05, 0) is 18.6 Å². The van der Waals surface area contributed by atoms with Gasteiger partial charge in [-0.1, -0.05) is 13.0 Å². The Morgan fingerprint density at radius 2 is 1.90 bits per heavy atom. The highest BCUT2D eigenvalue weighted by Crippen LogP contribution is 2.18. The molecule has 0 aliphatic carbocycles. The third-order valence-corrected chi connectivity index (χ3v) is 2.43. The third-order valence-electron chi connectivity index (χ3n) is 2.43. The molecule has 0 saturated heterocycles. The van der Waals surface area contributed by atoms with Gasteiger partial charge < -0.3 is 20.1 Å². The maximum Gasteiger partial charge on any atom is 0.258 e. The van der Waals surface area contributed by atoms with Gasteiger partial charge in [0, 0.05) is 12.6 Å². The highest BCUT2D eigenvalue weighted by Gasteiger charge is 2.06. The summed E-state index contributed by atoms with van der Waals surface area (Å²) in [6.07, 6.45) is 0.860. The van der Waals surface area contributed by atoms with Crippen molar-refractivity contribution in [1.29, 1.82) is 0 Å². The van der Waals surface area contributed by atoms with E-state index in [2.05, 4.69) is 10.6 Å². The second kappa shape index (κ2) is 8.79. The van der Waals surface area contributed by atoms with Crippen LogP contribution in [0.15, 0.2) is 24.3 Å². The van der Waals surface area contributed by atoms with Crippen LogP contribution in [0.4, 0.5) is 0 Å². The van der Waals surface area contributed by atoms with Crippen molar-refractivity contribution in [3.63, 3.8) is 0 Å². The van der Waals surface area contributed by atoms with E-state index in [1.54, 1.807) is 31.4 Å². The Morgan fingerprint density at radius 3 is 2.60 bits per heavy atom. The maximum absolute atomic E-state index is 11.5. The first-order valence-electron chi connectivity index (χ1n) is 6.46. The average molecular weight is 280 g/mol. The molecule has 0 radical (unpaired) electrons. The molecule has 20 heavy (non-hydrogen) atoms. The minimum Gasteiger partial charge on any atom is -0.497 e. The van der Waals surface area contributed by atoms with Crippen molar-refractivity contribution < 1.29 is 19.1 Å². The third kappa shape index (κ3) is 6.08. The summed E-state index contributed by atoms with van der Waals surface area (Å²) < 4.78 is 10.3. The molecule has 0 unspecified atom stereocenters. The molecule has 6 nitrogen and oxygen atoms in total. The molecule has 0 spiro atoms. The zero-order valence-electron chi connectivity index (χ0n) is 11.8. The highest BCUT2D eigenvalue weighted by molar-refractivity contribution is 5.85. The number of benzene rings is 1. The Bertz CT molecular complexity index is 449. The second-order valence-corrected chi connectivity index (χ2v) is 4.09. The SMILES string of the molecule is CCCNC(=O)CNC(=O)COc1cccc(OC)c1. The Labute approximate surface area is 118 Å². The summed E-state index contributed by atoms with van der Waals surface area (Å²) in [5, 5.41) is 5.15. The minimum atomic E-state index is -0.348. The van der Waals surface area contributed by atoms with Crippen molar-refractivity contribution in [3.05, 3.63) is 24.3 Å². The fourth-order valence-electron chi connectivity index (χ4n) is 1.40. The van der Waals surface area contributed by atoms with Gasteiger partial charge in [0.1, 0.15) is 11.5 Å². The largest absolute Gasteiger partial charge is 0.497 e. The van der Waals surface area contributed by atoms with Crippen LogP contribution in [0.3, 0.4) is 0 Å². The lowest BCUT2D eigenvalue weighted by Crippen LogP contribution is -2.39. The predicted octanol–water partition coefficient (Wildman–Crippen LogP) is 0.716. The van der Waals surface area contributed by atoms with E-state index < -0.39 is 0 Å². The Hall–Kier alpha value is -2.24. The van der Waals surface area contributed by atoms with Crippen LogP contribution in [-0.2, 0) is 9.59 Å². The molecule has 0 saturated carbocycles. The van der Waals surface area contributed by atoms with Crippen molar-refractivity contribution in [2.75, 3.05) is 26.8 Å². The number of carbonyl (C=O) groups excluding carboxylic acids is 2. The molecule has 6 heteroatoms. The second-order valence-electron chi connectivity index (χ2n) is 4.09. The topological polar surface area (TPSA) is 76.7 Å². The van der Waals surface area contributed by atoms with Crippen LogP contribution in [0.2, 0.25) is 0 Å². The van der Waals surface area contributed by atoms with Gasteiger partial charge in [-0.25, -0.2) is 0 Å². The van der Waals surface area contributed by atoms with E-state index >= 15 is 0 Å². The summed E-state index contributed by atoms with van der Waals surface area (Å²) in [7, 11) is 1.56.